The SMILES string of the molecule is COC(=O)c1ccccc1S(=O)(=O)NC(C)C(N)=O. The van der Waals surface area contributed by atoms with Gasteiger partial charge in [0.2, 0.25) is 15.9 Å². The van der Waals surface area contributed by atoms with Crippen LogP contribution in [0.4, 0.5) is 0 Å². The third kappa shape index (κ3) is 3.52. The van der Waals surface area contributed by atoms with Crippen LogP contribution in [0.15, 0.2) is 29.2 Å². The van der Waals surface area contributed by atoms with Crippen LogP contribution in [0, 0.1) is 0 Å². The first-order valence-corrected chi connectivity index (χ1v) is 6.77. The third-order valence-electron chi connectivity index (χ3n) is 2.34. The van der Waals surface area contributed by atoms with Crippen LogP contribution < -0.4 is 10.5 Å². The molecular weight excluding hydrogens is 272 g/mol. The van der Waals surface area contributed by atoms with Crippen molar-refractivity contribution in [2.45, 2.75) is 17.9 Å². The number of carbonyl (C=O) groups is 2. The Bertz CT molecular complexity index is 597. The van der Waals surface area contributed by atoms with E-state index in [-0.39, 0.29) is 10.5 Å². The Morgan fingerprint density at radius 2 is 1.89 bits per heavy atom. The van der Waals surface area contributed by atoms with Gasteiger partial charge in [0.05, 0.1) is 23.6 Å². The molecule has 1 atom stereocenters. The number of hydrogen-bond acceptors (Lipinski definition) is 5. The standard InChI is InChI=1S/C11H14N2O5S/c1-7(10(12)14)13-19(16,17)9-6-4-3-5-8(9)11(15)18-2/h3-7,13H,1-2H3,(H2,12,14). The first-order valence-electron chi connectivity index (χ1n) is 5.28. The van der Waals surface area contributed by atoms with E-state index in [2.05, 4.69) is 9.46 Å². The van der Waals surface area contributed by atoms with Crippen LogP contribution in [0.5, 0.6) is 0 Å². The first kappa shape index (κ1) is 15.1. The Balaban J connectivity index is 3.22. The molecule has 0 bridgehead atoms. The zero-order chi connectivity index (χ0) is 14.6. The van der Waals surface area contributed by atoms with E-state index in [0.29, 0.717) is 0 Å². The lowest BCUT2D eigenvalue weighted by atomic mass is 10.2. The van der Waals surface area contributed by atoms with Crippen LogP contribution in [-0.2, 0) is 19.6 Å². The second-order valence-electron chi connectivity index (χ2n) is 3.73. The number of primary amides is 1. The highest BCUT2D eigenvalue weighted by molar-refractivity contribution is 7.89. The second-order valence-corrected chi connectivity index (χ2v) is 5.42. The monoisotopic (exact) mass is 286 g/mol. The Morgan fingerprint density at radius 1 is 1.32 bits per heavy atom. The van der Waals surface area contributed by atoms with E-state index in [1.54, 1.807) is 0 Å². The molecule has 1 aromatic rings. The van der Waals surface area contributed by atoms with Crippen LogP contribution in [0.2, 0.25) is 0 Å². The number of benzene rings is 1. The quantitative estimate of drug-likeness (QED) is 0.716. The van der Waals surface area contributed by atoms with E-state index >= 15 is 0 Å². The van der Waals surface area contributed by atoms with Crippen molar-refractivity contribution < 1.29 is 22.7 Å². The summed E-state index contributed by atoms with van der Waals surface area (Å²) in [5.41, 5.74) is 4.87. The fraction of sp³-hybridized carbons (Fsp3) is 0.273. The summed E-state index contributed by atoms with van der Waals surface area (Å²) in [6.45, 7) is 1.31. The topological polar surface area (TPSA) is 116 Å². The molecule has 1 rings (SSSR count). The summed E-state index contributed by atoms with van der Waals surface area (Å²) >= 11 is 0. The number of nitrogens with two attached hydrogens (primary N) is 1. The summed E-state index contributed by atoms with van der Waals surface area (Å²) in [6, 6.07) is 4.42. The van der Waals surface area contributed by atoms with Crippen LogP contribution >= 0.6 is 0 Å². The first-order chi connectivity index (χ1) is 8.79. The number of hydrogen-bond donors (Lipinski definition) is 2. The molecule has 7 nitrogen and oxygen atoms in total. The van der Waals surface area contributed by atoms with Crippen LogP contribution in [0.1, 0.15) is 17.3 Å². The molecule has 3 N–H and O–H groups in total. The van der Waals surface area contributed by atoms with E-state index in [4.69, 9.17) is 5.73 Å². The molecule has 0 heterocycles. The minimum Gasteiger partial charge on any atom is -0.465 e. The largest absolute Gasteiger partial charge is 0.465 e. The highest BCUT2D eigenvalue weighted by atomic mass is 32.2. The average Bonchev–Trinajstić information content (AvgIpc) is 2.37. The smallest absolute Gasteiger partial charge is 0.339 e. The number of amides is 1. The Morgan fingerprint density at radius 3 is 2.42 bits per heavy atom. The number of ether oxygens (including phenoxy) is 1. The summed E-state index contributed by atoms with van der Waals surface area (Å²) in [7, 11) is -2.90. The fourth-order valence-corrected chi connectivity index (χ4v) is 2.74. The van der Waals surface area contributed by atoms with Gasteiger partial charge in [-0.05, 0) is 19.1 Å². The highest BCUT2D eigenvalue weighted by Gasteiger charge is 2.25. The van der Waals surface area contributed by atoms with Gasteiger partial charge in [-0.15, -0.1) is 0 Å². The summed E-state index contributed by atoms with van der Waals surface area (Å²) in [5.74, 6) is -1.60. The molecule has 0 aromatic heterocycles. The van der Waals surface area contributed by atoms with Crippen molar-refractivity contribution in [3.63, 3.8) is 0 Å². The van der Waals surface area contributed by atoms with E-state index in [1.807, 2.05) is 0 Å². The molecule has 19 heavy (non-hydrogen) atoms. The maximum absolute atomic E-state index is 12.1. The molecule has 1 unspecified atom stereocenters. The molecule has 104 valence electrons. The van der Waals surface area contributed by atoms with Crippen LogP contribution in [0.25, 0.3) is 0 Å². The highest BCUT2D eigenvalue weighted by Crippen LogP contribution is 2.16. The Kier molecular flexibility index (Phi) is 4.62. The summed E-state index contributed by atoms with van der Waals surface area (Å²) in [4.78, 5) is 22.1. The van der Waals surface area contributed by atoms with Crippen molar-refractivity contribution in [2.75, 3.05) is 7.11 Å². The Hall–Kier alpha value is -1.93. The van der Waals surface area contributed by atoms with Gasteiger partial charge in [-0.2, -0.15) is 4.72 Å². The van der Waals surface area contributed by atoms with Gasteiger partial charge in [-0.25, -0.2) is 13.2 Å². The van der Waals surface area contributed by atoms with Crippen LogP contribution in [0.3, 0.4) is 0 Å². The van der Waals surface area contributed by atoms with E-state index in [9.17, 15) is 18.0 Å². The van der Waals surface area contributed by atoms with Crippen molar-refractivity contribution in [2.24, 2.45) is 5.73 Å². The molecule has 0 saturated carbocycles. The summed E-state index contributed by atoms with van der Waals surface area (Å²) in [6.07, 6.45) is 0. The molecule has 0 radical (unpaired) electrons. The zero-order valence-corrected chi connectivity index (χ0v) is 11.2. The minimum atomic E-state index is -4.04. The lowest BCUT2D eigenvalue weighted by molar-refractivity contribution is -0.119. The van der Waals surface area contributed by atoms with Gasteiger partial charge in [0.15, 0.2) is 0 Å². The van der Waals surface area contributed by atoms with Gasteiger partial charge in [-0.1, -0.05) is 12.1 Å². The molecule has 0 fully saturated rings. The number of methoxy groups -OCH3 is 1. The molecule has 8 heteroatoms. The van der Waals surface area contributed by atoms with Gasteiger partial charge in [0.1, 0.15) is 0 Å². The number of sulfonamides is 1. The van der Waals surface area contributed by atoms with E-state index in [1.165, 1.54) is 31.2 Å². The predicted octanol–water partition coefficient (Wildman–Crippen LogP) is -0.375. The van der Waals surface area contributed by atoms with Gasteiger partial charge in [-0.3, -0.25) is 4.79 Å². The predicted molar refractivity (Wildman–Crippen MR) is 66.8 cm³/mol. The maximum atomic E-state index is 12.1. The van der Waals surface area contributed by atoms with Crippen molar-refractivity contribution in [3.05, 3.63) is 29.8 Å². The van der Waals surface area contributed by atoms with Crippen LogP contribution in [-0.4, -0.2) is 33.4 Å². The van der Waals surface area contributed by atoms with Crippen molar-refractivity contribution >= 4 is 21.9 Å². The lowest BCUT2D eigenvalue weighted by Crippen LogP contribution is -2.42. The molecular formula is C11H14N2O5S. The number of rotatable bonds is 5. The van der Waals surface area contributed by atoms with Gasteiger partial charge >= 0.3 is 5.97 Å². The number of esters is 1. The fourth-order valence-electron chi connectivity index (χ4n) is 1.33. The molecule has 0 aliphatic heterocycles. The Labute approximate surface area is 110 Å². The van der Waals surface area contributed by atoms with E-state index < -0.39 is 27.9 Å². The number of nitrogens with one attached hydrogen (secondary N) is 1. The van der Waals surface area contributed by atoms with Crippen molar-refractivity contribution in [3.8, 4) is 0 Å². The minimum absolute atomic E-state index is 0.117. The van der Waals surface area contributed by atoms with Gasteiger partial charge in [0, 0.05) is 0 Å². The maximum Gasteiger partial charge on any atom is 0.339 e. The second kappa shape index (κ2) is 5.81. The molecule has 0 aliphatic rings. The normalized spacial score (nSPS) is 12.7. The van der Waals surface area contributed by atoms with Gasteiger partial charge in [0.25, 0.3) is 0 Å². The van der Waals surface area contributed by atoms with Gasteiger partial charge < -0.3 is 10.5 Å². The zero-order valence-electron chi connectivity index (χ0n) is 10.4. The third-order valence-corrected chi connectivity index (χ3v) is 3.94. The average molecular weight is 286 g/mol. The van der Waals surface area contributed by atoms with E-state index in [0.717, 1.165) is 7.11 Å². The lowest BCUT2D eigenvalue weighted by Gasteiger charge is -2.13. The number of carbonyl (C=O) groups excluding carboxylic acids is 2. The molecule has 0 saturated heterocycles. The molecule has 0 spiro atoms. The molecule has 1 aromatic carbocycles. The summed E-state index contributed by atoms with van der Waals surface area (Å²) in [5, 5.41) is 0. The molecule has 1 amide bonds. The van der Waals surface area contributed by atoms with Crippen molar-refractivity contribution in [1.82, 2.24) is 4.72 Å². The summed E-state index contributed by atoms with van der Waals surface area (Å²) < 4.78 is 30.7. The van der Waals surface area contributed by atoms with Crippen molar-refractivity contribution in [1.29, 1.82) is 0 Å². The molecule has 0 aliphatic carbocycles.